The van der Waals surface area contributed by atoms with Crippen LogP contribution >= 0.6 is 23.2 Å². The van der Waals surface area contributed by atoms with Gasteiger partial charge in [0.1, 0.15) is 0 Å². The fourth-order valence-corrected chi connectivity index (χ4v) is 4.49. The summed E-state index contributed by atoms with van der Waals surface area (Å²) in [6, 6.07) is 7.47. The quantitative estimate of drug-likeness (QED) is 0.715. The predicted molar refractivity (Wildman–Crippen MR) is 83.7 cm³/mol. The van der Waals surface area contributed by atoms with Crippen LogP contribution in [-0.2, 0) is 16.6 Å². The number of sulfonamides is 1. The second-order valence-corrected chi connectivity index (χ2v) is 8.15. The fraction of sp³-hybridized carbons (Fsp3) is 0.571. The van der Waals surface area contributed by atoms with Crippen molar-refractivity contribution in [3.8, 4) is 0 Å². The van der Waals surface area contributed by atoms with E-state index in [4.69, 9.17) is 23.2 Å². The van der Waals surface area contributed by atoms with Crippen molar-refractivity contribution in [2.75, 3.05) is 11.6 Å². The molecule has 0 aliphatic heterocycles. The lowest BCUT2D eigenvalue weighted by molar-refractivity contribution is 0.395. The zero-order chi connectivity index (χ0) is 14.8. The van der Waals surface area contributed by atoms with Gasteiger partial charge in [-0.15, -0.1) is 11.6 Å². The van der Waals surface area contributed by atoms with Crippen molar-refractivity contribution in [2.24, 2.45) is 5.92 Å². The molecule has 0 spiro atoms. The van der Waals surface area contributed by atoms with Crippen molar-refractivity contribution in [3.63, 3.8) is 0 Å². The van der Waals surface area contributed by atoms with Crippen molar-refractivity contribution in [2.45, 2.75) is 32.4 Å². The van der Waals surface area contributed by atoms with Crippen LogP contribution in [0.2, 0.25) is 5.02 Å². The Morgan fingerprint density at radius 3 is 2.40 bits per heavy atom. The summed E-state index contributed by atoms with van der Waals surface area (Å²) in [5, 5.41) is 0.658. The van der Waals surface area contributed by atoms with Gasteiger partial charge in [0.2, 0.25) is 10.0 Å². The number of halogens is 2. The maximum atomic E-state index is 12.5. The number of hydrogen-bond acceptors (Lipinski definition) is 2. The number of alkyl halides is 1. The summed E-state index contributed by atoms with van der Waals surface area (Å²) in [6.45, 7) is 2.27. The van der Waals surface area contributed by atoms with E-state index in [0.29, 0.717) is 17.4 Å². The highest BCUT2D eigenvalue weighted by Crippen LogP contribution is 2.31. The van der Waals surface area contributed by atoms with Crippen molar-refractivity contribution in [3.05, 3.63) is 34.9 Å². The van der Waals surface area contributed by atoms with Gasteiger partial charge in [-0.1, -0.05) is 30.7 Å². The average Bonchev–Trinajstić information content (AvgIpc) is 3.21. The Morgan fingerprint density at radius 2 is 1.90 bits per heavy atom. The molecule has 1 aromatic rings. The van der Waals surface area contributed by atoms with E-state index in [1.165, 1.54) is 0 Å². The molecule has 0 amide bonds. The van der Waals surface area contributed by atoms with Crippen LogP contribution in [0, 0.1) is 5.92 Å². The van der Waals surface area contributed by atoms with Crippen molar-refractivity contribution < 1.29 is 8.42 Å². The highest BCUT2D eigenvalue weighted by atomic mass is 35.5. The summed E-state index contributed by atoms with van der Waals surface area (Å²) in [5.74, 6) is 0.437. The van der Waals surface area contributed by atoms with Crippen molar-refractivity contribution >= 4 is 33.2 Å². The minimum atomic E-state index is -3.26. The molecule has 0 saturated heterocycles. The lowest BCUT2D eigenvalue weighted by Crippen LogP contribution is -2.36. The Bertz CT molecular complexity index is 541. The van der Waals surface area contributed by atoms with Crippen LogP contribution in [0.5, 0.6) is 0 Å². The van der Waals surface area contributed by atoms with Gasteiger partial charge in [-0.25, -0.2) is 8.42 Å². The minimum absolute atomic E-state index is 0.0341. The van der Waals surface area contributed by atoms with Crippen LogP contribution in [0.4, 0.5) is 0 Å². The molecule has 2 rings (SSSR count). The molecular weight excluding hydrogens is 317 g/mol. The number of nitrogens with zero attached hydrogens (tertiary/aromatic N) is 1. The molecule has 1 atom stereocenters. The van der Waals surface area contributed by atoms with E-state index in [9.17, 15) is 8.42 Å². The fourth-order valence-electron chi connectivity index (χ4n) is 2.09. The Labute approximate surface area is 130 Å². The molecule has 0 aromatic heterocycles. The summed E-state index contributed by atoms with van der Waals surface area (Å²) in [6.07, 6.45) is 1.89. The van der Waals surface area contributed by atoms with Gasteiger partial charge in [-0.2, -0.15) is 4.31 Å². The second-order valence-electron chi connectivity index (χ2n) is 5.44. The third-order valence-electron chi connectivity index (χ3n) is 3.32. The highest BCUT2D eigenvalue weighted by Gasteiger charge is 2.37. The molecule has 1 aromatic carbocycles. The summed E-state index contributed by atoms with van der Waals surface area (Å²) < 4.78 is 26.6. The largest absolute Gasteiger partial charge is 0.214 e. The average molecular weight is 336 g/mol. The highest BCUT2D eigenvalue weighted by molar-refractivity contribution is 7.89. The van der Waals surface area contributed by atoms with Gasteiger partial charge in [-0.05, 0) is 36.5 Å². The van der Waals surface area contributed by atoms with E-state index in [1.54, 1.807) is 16.4 Å². The lowest BCUT2D eigenvalue weighted by atomic mass is 10.2. The van der Waals surface area contributed by atoms with E-state index in [0.717, 1.165) is 18.4 Å². The van der Waals surface area contributed by atoms with E-state index in [-0.39, 0.29) is 17.7 Å². The second kappa shape index (κ2) is 6.65. The first-order chi connectivity index (χ1) is 9.42. The van der Waals surface area contributed by atoms with Crippen LogP contribution in [0.15, 0.2) is 24.3 Å². The Hall–Kier alpha value is -0.290. The predicted octanol–water partition coefficient (Wildman–Crippen LogP) is 3.51. The molecule has 1 saturated carbocycles. The third-order valence-corrected chi connectivity index (χ3v) is 6.23. The van der Waals surface area contributed by atoms with Gasteiger partial charge < -0.3 is 0 Å². The van der Waals surface area contributed by atoms with Crippen LogP contribution in [-0.4, -0.2) is 30.4 Å². The summed E-state index contributed by atoms with van der Waals surface area (Å²) in [5.41, 5.74) is 0.961. The molecule has 1 aliphatic carbocycles. The number of hydrogen-bond donors (Lipinski definition) is 0. The van der Waals surface area contributed by atoms with Gasteiger partial charge in [0, 0.05) is 23.5 Å². The molecule has 112 valence electrons. The molecule has 1 fully saturated rings. The van der Waals surface area contributed by atoms with Gasteiger partial charge in [-0.3, -0.25) is 0 Å². The molecule has 20 heavy (non-hydrogen) atoms. The normalized spacial score (nSPS) is 17.4. The standard InChI is InChI=1S/C14H19Cl2NO2S/c1-11(8-15)10-20(18,19)17(14-6-7-14)9-12-2-4-13(16)5-3-12/h2-5,11,14H,6-10H2,1H3. The van der Waals surface area contributed by atoms with Crippen molar-refractivity contribution in [1.82, 2.24) is 4.31 Å². The number of benzene rings is 1. The molecule has 3 nitrogen and oxygen atoms in total. The monoisotopic (exact) mass is 335 g/mol. The number of rotatable bonds is 7. The molecule has 6 heteroatoms. The first kappa shape index (κ1) is 16.1. The smallest absolute Gasteiger partial charge is 0.212 e. The van der Waals surface area contributed by atoms with Crippen LogP contribution in [0.25, 0.3) is 0 Å². The van der Waals surface area contributed by atoms with E-state index >= 15 is 0 Å². The van der Waals surface area contributed by atoms with Gasteiger partial charge >= 0.3 is 0 Å². The zero-order valence-electron chi connectivity index (χ0n) is 11.4. The molecular formula is C14H19Cl2NO2S. The first-order valence-corrected chi connectivity index (χ1v) is 9.24. The molecule has 1 unspecified atom stereocenters. The van der Waals surface area contributed by atoms with Crippen LogP contribution < -0.4 is 0 Å². The van der Waals surface area contributed by atoms with Crippen molar-refractivity contribution in [1.29, 1.82) is 0 Å². The molecule has 0 N–H and O–H groups in total. The topological polar surface area (TPSA) is 37.4 Å². The van der Waals surface area contributed by atoms with E-state index in [1.807, 2.05) is 19.1 Å². The third kappa shape index (κ3) is 4.35. The summed E-state index contributed by atoms with van der Waals surface area (Å²) in [4.78, 5) is 0. The Kier molecular flexibility index (Phi) is 5.35. The Balaban J connectivity index is 2.13. The SMILES string of the molecule is CC(CCl)CS(=O)(=O)N(Cc1ccc(Cl)cc1)C1CC1. The molecule has 1 aliphatic rings. The molecule has 0 bridgehead atoms. The summed E-state index contributed by atoms with van der Waals surface area (Å²) >= 11 is 11.6. The maximum absolute atomic E-state index is 12.5. The van der Waals surface area contributed by atoms with Gasteiger partial charge in [0.15, 0.2) is 0 Å². The maximum Gasteiger partial charge on any atom is 0.214 e. The van der Waals surface area contributed by atoms with Gasteiger partial charge in [0.25, 0.3) is 0 Å². The van der Waals surface area contributed by atoms with Crippen LogP contribution in [0.1, 0.15) is 25.3 Å². The zero-order valence-corrected chi connectivity index (χ0v) is 13.8. The molecule has 0 heterocycles. The lowest BCUT2D eigenvalue weighted by Gasteiger charge is -2.23. The van der Waals surface area contributed by atoms with Crippen LogP contribution in [0.3, 0.4) is 0 Å². The van der Waals surface area contributed by atoms with Gasteiger partial charge in [0.05, 0.1) is 5.75 Å². The van der Waals surface area contributed by atoms with E-state index in [2.05, 4.69) is 0 Å². The minimum Gasteiger partial charge on any atom is -0.212 e. The van der Waals surface area contributed by atoms with E-state index < -0.39 is 10.0 Å². The Morgan fingerprint density at radius 1 is 1.30 bits per heavy atom. The first-order valence-electron chi connectivity index (χ1n) is 6.72. The summed E-state index contributed by atoms with van der Waals surface area (Å²) in [7, 11) is -3.26. The molecule has 0 radical (unpaired) electrons.